The molecule has 2 fully saturated rings. The first-order valence-corrected chi connectivity index (χ1v) is 12.6. The largest absolute Gasteiger partial charge is 0.459 e. The lowest BCUT2D eigenvalue weighted by Crippen LogP contribution is -2.64. The van der Waals surface area contributed by atoms with Crippen LogP contribution in [0.1, 0.15) is 31.7 Å². The summed E-state index contributed by atoms with van der Waals surface area (Å²) in [5.74, 6) is 3.38. The molecule has 3 aliphatic rings. The fourth-order valence-electron chi connectivity index (χ4n) is 5.69. The number of hydrogen-bond donors (Lipinski definition) is 0. The minimum atomic E-state index is 0.0424. The van der Waals surface area contributed by atoms with Crippen LogP contribution in [0, 0.1) is 5.41 Å². The molecule has 0 unspecified atom stereocenters. The average molecular weight is 479 g/mol. The molecule has 1 spiro atoms. The number of allylic oxidation sites excluding steroid dienone is 1. The van der Waals surface area contributed by atoms with E-state index in [4.69, 9.17) is 9.47 Å². The minimum Gasteiger partial charge on any atom is -0.459 e. The highest BCUT2D eigenvalue weighted by atomic mass is 16.5. The maximum atomic E-state index is 11.9. The molecule has 0 radical (unpaired) electrons. The Kier molecular flexibility index (Phi) is 5.76. The first kappa shape index (κ1) is 22.5. The van der Waals surface area contributed by atoms with E-state index in [9.17, 15) is 4.79 Å². The Labute approximate surface area is 211 Å². The molecule has 1 aromatic heterocycles. The maximum Gasteiger partial charge on any atom is 0.245 e. The number of fused-ring (bicyclic) bond motifs is 1. The topological polar surface area (TPSA) is 43.7 Å². The summed E-state index contributed by atoms with van der Waals surface area (Å²) in [5, 5.41) is 2.39. The van der Waals surface area contributed by atoms with E-state index < -0.39 is 0 Å². The average Bonchev–Trinajstić information content (AvgIpc) is 3.24. The van der Waals surface area contributed by atoms with Gasteiger partial charge in [-0.05, 0) is 73.0 Å². The minimum absolute atomic E-state index is 0.0424. The Balaban J connectivity index is 1.23. The van der Waals surface area contributed by atoms with Gasteiger partial charge in [-0.1, -0.05) is 43.0 Å². The summed E-state index contributed by atoms with van der Waals surface area (Å²) in [7, 11) is 0. The van der Waals surface area contributed by atoms with Crippen molar-refractivity contribution in [2.24, 2.45) is 5.41 Å². The Morgan fingerprint density at radius 1 is 0.917 bits per heavy atom. The smallest absolute Gasteiger partial charge is 0.245 e. The number of hydrogen-bond acceptors (Lipinski definition) is 3. The number of carbonyl (C=O) groups is 1. The number of carbonyl (C=O) groups excluding carboxylic acids is 1. The van der Waals surface area contributed by atoms with Gasteiger partial charge in [-0.25, -0.2) is 0 Å². The van der Waals surface area contributed by atoms with Gasteiger partial charge in [0.15, 0.2) is 0 Å². The molecule has 2 heterocycles. The SMILES string of the molecule is C=CC(=O)N1CC2(CC(n3ccc4/c3=C(/Oc3ccc(Oc5ccccc5)cc3)C/C=C\CC=4)C2)C1. The third-order valence-corrected chi connectivity index (χ3v) is 7.47. The summed E-state index contributed by atoms with van der Waals surface area (Å²) in [5.41, 5.74) is 0.265. The van der Waals surface area contributed by atoms with Crippen molar-refractivity contribution in [3.05, 3.63) is 102 Å². The van der Waals surface area contributed by atoms with Crippen LogP contribution in [0.4, 0.5) is 0 Å². The van der Waals surface area contributed by atoms with E-state index in [2.05, 4.69) is 41.6 Å². The van der Waals surface area contributed by atoms with Crippen LogP contribution in [0.15, 0.2) is 91.7 Å². The molecule has 5 heteroatoms. The van der Waals surface area contributed by atoms with Gasteiger partial charge in [-0.2, -0.15) is 0 Å². The van der Waals surface area contributed by atoms with Crippen molar-refractivity contribution in [1.82, 2.24) is 9.47 Å². The molecule has 1 amide bonds. The second-order valence-corrected chi connectivity index (χ2v) is 10.0. The highest BCUT2D eigenvalue weighted by Crippen LogP contribution is 2.53. The summed E-state index contributed by atoms with van der Waals surface area (Å²) in [4.78, 5) is 13.8. The lowest BCUT2D eigenvalue weighted by Gasteiger charge is -2.59. The number of aromatic nitrogens is 1. The number of nitrogens with zero attached hydrogens (tertiary/aromatic N) is 2. The third kappa shape index (κ3) is 4.26. The van der Waals surface area contributed by atoms with Gasteiger partial charge in [0.2, 0.25) is 5.91 Å². The van der Waals surface area contributed by atoms with Gasteiger partial charge in [-0.3, -0.25) is 4.79 Å². The summed E-state index contributed by atoms with van der Waals surface area (Å²) < 4.78 is 14.8. The Morgan fingerprint density at radius 2 is 1.61 bits per heavy atom. The standard InChI is InChI=1S/C31H30N2O3/c1-2-29(34)32-21-31(22-32)19-24(20-31)33-18-17-23-9-5-3-8-12-28(30(23)33)36-27-15-13-26(14-16-27)35-25-10-6-4-7-11-25/h2-4,6-11,13-18,24H,1,5,12,19-22H2/b8-3-,23-9?,30-28-. The van der Waals surface area contributed by atoms with Gasteiger partial charge in [0, 0.05) is 37.2 Å². The van der Waals surface area contributed by atoms with Crippen LogP contribution in [-0.2, 0) is 4.79 Å². The predicted molar refractivity (Wildman–Crippen MR) is 141 cm³/mol. The number of amides is 1. The van der Waals surface area contributed by atoms with Gasteiger partial charge in [0.25, 0.3) is 0 Å². The third-order valence-electron chi connectivity index (χ3n) is 7.47. The molecular formula is C31H30N2O3. The monoisotopic (exact) mass is 478 g/mol. The van der Waals surface area contributed by atoms with Crippen LogP contribution >= 0.6 is 0 Å². The lowest BCUT2D eigenvalue weighted by atomic mass is 9.60. The first-order valence-electron chi connectivity index (χ1n) is 12.6. The maximum absolute atomic E-state index is 11.9. The number of ether oxygens (including phenoxy) is 2. The van der Waals surface area contributed by atoms with Crippen LogP contribution in [0.3, 0.4) is 0 Å². The Morgan fingerprint density at radius 3 is 2.33 bits per heavy atom. The van der Waals surface area contributed by atoms with Crippen molar-refractivity contribution in [1.29, 1.82) is 0 Å². The fraction of sp³-hybridized carbons (Fsp3) is 0.258. The van der Waals surface area contributed by atoms with Crippen LogP contribution in [0.2, 0.25) is 0 Å². The number of likely N-dealkylation sites (tertiary alicyclic amines) is 1. The number of rotatable bonds is 6. The van der Waals surface area contributed by atoms with Crippen molar-refractivity contribution in [3.63, 3.8) is 0 Å². The van der Waals surface area contributed by atoms with E-state index >= 15 is 0 Å². The number of benzene rings is 2. The quantitative estimate of drug-likeness (QED) is 0.372. The molecule has 1 saturated carbocycles. The molecule has 5 nitrogen and oxygen atoms in total. The van der Waals surface area contributed by atoms with Crippen molar-refractivity contribution in [2.45, 2.75) is 31.7 Å². The summed E-state index contributed by atoms with van der Waals surface area (Å²) in [6, 6.07) is 20.2. The zero-order chi connectivity index (χ0) is 24.5. The molecule has 2 aromatic carbocycles. The highest BCUT2D eigenvalue weighted by molar-refractivity contribution is 5.87. The molecule has 0 N–H and O–H groups in total. The molecule has 6 rings (SSSR count). The Bertz CT molecular complexity index is 1420. The zero-order valence-electron chi connectivity index (χ0n) is 20.3. The van der Waals surface area contributed by atoms with Crippen molar-refractivity contribution in [3.8, 4) is 17.2 Å². The molecule has 1 saturated heterocycles. The normalized spacial score (nSPS) is 20.6. The van der Waals surface area contributed by atoms with Crippen LogP contribution in [0.25, 0.3) is 11.8 Å². The first-order chi connectivity index (χ1) is 17.6. The number of para-hydroxylation sites is 1. The van der Waals surface area contributed by atoms with Gasteiger partial charge in [0.1, 0.15) is 23.0 Å². The van der Waals surface area contributed by atoms with Crippen molar-refractivity contribution in [2.75, 3.05) is 13.1 Å². The van der Waals surface area contributed by atoms with Gasteiger partial charge < -0.3 is 18.9 Å². The summed E-state index contributed by atoms with van der Waals surface area (Å²) >= 11 is 0. The molecular weight excluding hydrogens is 448 g/mol. The van der Waals surface area contributed by atoms with E-state index in [0.29, 0.717) is 6.04 Å². The highest BCUT2D eigenvalue weighted by Gasteiger charge is 2.53. The molecule has 1 aliphatic heterocycles. The van der Waals surface area contributed by atoms with E-state index in [1.165, 1.54) is 16.6 Å². The lowest BCUT2D eigenvalue weighted by molar-refractivity contribution is -0.148. The van der Waals surface area contributed by atoms with Gasteiger partial charge >= 0.3 is 0 Å². The van der Waals surface area contributed by atoms with Crippen molar-refractivity contribution < 1.29 is 14.3 Å². The molecule has 3 aromatic rings. The molecule has 0 bridgehead atoms. The predicted octanol–water partition coefficient (Wildman–Crippen LogP) is 4.95. The van der Waals surface area contributed by atoms with E-state index in [1.807, 2.05) is 59.5 Å². The Hall–Kier alpha value is -3.99. The second kappa shape index (κ2) is 9.23. The van der Waals surface area contributed by atoms with E-state index in [-0.39, 0.29) is 11.3 Å². The van der Waals surface area contributed by atoms with E-state index in [1.54, 1.807) is 0 Å². The van der Waals surface area contributed by atoms with Crippen LogP contribution in [0.5, 0.6) is 17.2 Å². The van der Waals surface area contributed by atoms with Gasteiger partial charge in [-0.15, -0.1) is 0 Å². The van der Waals surface area contributed by atoms with Crippen LogP contribution < -0.4 is 20.0 Å². The molecule has 36 heavy (non-hydrogen) atoms. The molecule has 2 aliphatic carbocycles. The summed E-state index contributed by atoms with van der Waals surface area (Å²) in [6.07, 6.45) is 14.1. The van der Waals surface area contributed by atoms with Crippen molar-refractivity contribution >= 4 is 17.7 Å². The second-order valence-electron chi connectivity index (χ2n) is 10.0. The molecule has 0 atom stereocenters. The van der Waals surface area contributed by atoms with E-state index in [0.717, 1.165) is 61.8 Å². The summed E-state index contributed by atoms with van der Waals surface area (Å²) in [6.45, 7) is 5.30. The van der Waals surface area contributed by atoms with Crippen LogP contribution in [-0.4, -0.2) is 28.5 Å². The fourth-order valence-corrected chi connectivity index (χ4v) is 5.69. The molecule has 182 valence electrons. The zero-order valence-corrected chi connectivity index (χ0v) is 20.3. The van der Waals surface area contributed by atoms with Gasteiger partial charge in [0.05, 0.1) is 5.35 Å².